The van der Waals surface area contributed by atoms with Gasteiger partial charge in [0.1, 0.15) is 6.61 Å². The number of hydrogen-bond donors (Lipinski definition) is 1. The van der Waals surface area contributed by atoms with Crippen LogP contribution in [0.4, 0.5) is 4.79 Å². The van der Waals surface area contributed by atoms with Gasteiger partial charge >= 0.3 is 6.09 Å². The fraction of sp³-hybridized carbons (Fsp3) is 0.0588. The number of rotatable bonds is 3. The maximum Gasteiger partial charge on any atom is 0.418 e. The Kier molecular flexibility index (Phi) is 3.62. The first kappa shape index (κ1) is 13.9. The van der Waals surface area contributed by atoms with Gasteiger partial charge in [0, 0.05) is 17.1 Å². The van der Waals surface area contributed by atoms with Crippen LogP contribution >= 0.6 is 0 Å². The van der Waals surface area contributed by atoms with Crippen LogP contribution in [0.1, 0.15) is 15.9 Å². The summed E-state index contributed by atoms with van der Waals surface area (Å²) in [6.45, 7) is 0.189. The number of amides is 1. The second-order valence-electron chi connectivity index (χ2n) is 4.86. The molecule has 0 saturated heterocycles. The molecule has 1 aromatic heterocycles. The lowest BCUT2D eigenvalue weighted by molar-refractivity contribution is 0.1000. The molecule has 0 aliphatic carbocycles. The Morgan fingerprint density at radius 1 is 1.05 bits per heavy atom. The Morgan fingerprint density at radius 2 is 1.82 bits per heavy atom. The summed E-state index contributed by atoms with van der Waals surface area (Å²) in [4.78, 5) is 23.5. The number of fused-ring (bicyclic) bond motifs is 1. The molecule has 0 atom stereocenters. The summed E-state index contributed by atoms with van der Waals surface area (Å²) in [5, 5.41) is 0.835. The van der Waals surface area contributed by atoms with E-state index in [0.717, 1.165) is 10.9 Å². The first-order valence-electron chi connectivity index (χ1n) is 6.77. The number of carbonyl (C=O) groups is 2. The quantitative estimate of drug-likeness (QED) is 0.807. The Bertz CT molecular complexity index is 837. The van der Waals surface area contributed by atoms with Gasteiger partial charge in [0.15, 0.2) is 0 Å². The highest BCUT2D eigenvalue weighted by atomic mass is 16.5. The summed E-state index contributed by atoms with van der Waals surface area (Å²) in [5.41, 5.74) is 7.12. The van der Waals surface area contributed by atoms with Gasteiger partial charge in [0.25, 0.3) is 0 Å². The Labute approximate surface area is 126 Å². The lowest BCUT2D eigenvalue weighted by Gasteiger charge is -2.07. The van der Waals surface area contributed by atoms with E-state index >= 15 is 0 Å². The summed E-state index contributed by atoms with van der Waals surface area (Å²) < 4.78 is 6.65. The average molecular weight is 294 g/mol. The molecule has 2 N–H and O–H groups in total. The monoisotopic (exact) mass is 294 g/mol. The maximum absolute atomic E-state index is 12.2. The summed E-state index contributed by atoms with van der Waals surface area (Å²) >= 11 is 0. The Hall–Kier alpha value is -3.08. The number of primary amides is 1. The SMILES string of the molecule is NC(=O)c1ccc2ccn(C(=O)OCc3ccccc3)c2c1. The zero-order valence-corrected chi connectivity index (χ0v) is 11.7. The predicted octanol–water partition coefficient (Wildman–Crippen LogP) is 2.93. The minimum absolute atomic E-state index is 0.189. The van der Waals surface area contributed by atoms with Crippen molar-refractivity contribution >= 4 is 22.9 Å². The molecule has 0 spiro atoms. The van der Waals surface area contributed by atoms with E-state index in [9.17, 15) is 9.59 Å². The molecule has 22 heavy (non-hydrogen) atoms. The van der Waals surface area contributed by atoms with Gasteiger partial charge in [-0.3, -0.25) is 9.36 Å². The number of ether oxygens (including phenoxy) is 1. The molecular weight excluding hydrogens is 280 g/mol. The standard InChI is InChI=1S/C17H14N2O3/c18-16(20)14-7-6-13-8-9-19(15(13)10-14)17(21)22-11-12-4-2-1-3-5-12/h1-10H,11H2,(H2,18,20). The average Bonchev–Trinajstić information content (AvgIpc) is 2.96. The van der Waals surface area contributed by atoms with Crippen LogP contribution in [0.25, 0.3) is 10.9 Å². The predicted molar refractivity (Wildman–Crippen MR) is 82.5 cm³/mol. The molecule has 0 aliphatic heterocycles. The van der Waals surface area contributed by atoms with Crippen molar-refractivity contribution in [1.29, 1.82) is 0 Å². The van der Waals surface area contributed by atoms with E-state index < -0.39 is 12.0 Å². The van der Waals surface area contributed by atoms with Crippen LogP contribution in [-0.2, 0) is 11.3 Å². The van der Waals surface area contributed by atoms with Gasteiger partial charge in [-0.15, -0.1) is 0 Å². The van der Waals surface area contributed by atoms with Crippen molar-refractivity contribution in [2.45, 2.75) is 6.61 Å². The molecule has 3 aromatic rings. The van der Waals surface area contributed by atoms with Crippen LogP contribution < -0.4 is 5.73 Å². The third-order valence-corrected chi connectivity index (χ3v) is 3.38. The molecule has 5 nitrogen and oxygen atoms in total. The second kappa shape index (κ2) is 5.73. The first-order chi connectivity index (χ1) is 10.6. The molecule has 3 rings (SSSR count). The third kappa shape index (κ3) is 2.69. The van der Waals surface area contributed by atoms with Gasteiger partial charge < -0.3 is 10.5 Å². The van der Waals surface area contributed by atoms with Gasteiger partial charge in [0.2, 0.25) is 5.91 Å². The van der Waals surface area contributed by atoms with E-state index in [0.29, 0.717) is 11.1 Å². The number of hydrogen-bond acceptors (Lipinski definition) is 3. The van der Waals surface area contributed by atoms with Crippen LogP contribution in [0, 0.1) is 0 Å². The fourth-order valence-corrected chi connectivity index (χ4v) is 2.23. The van der Waals surface area contributed by atoms with Crippen molar-refractivity contribution in [3.05, 3.63) is 71.9 Å². The lowest BCUT2D eigenvalue weighted by Crippen LogP contribution is -2.14. The van der Waals surface area contributed by atoms with Crippen LogP contribution in [0.3, 0.4) is 0 Å². The maximum atomic E-state index is 12.2. The zero-order chi connectivity index (χ0) is 15.5. The van der Waals surface area contributed by atoms with Crippen LogP contribution in [0.2, 0.25) is 0 Å². The van der Waals surface area contributed by atoms with Crippen molar-refractivity contribution < 1.29 is 14.3 Å². The highest BCUT2D eigenvalue weighted by Crippen LogP contribution is 2.18. The molecule has 0 unspecified atom stereocenters. The molecule has 0 aliphatic rings. The molecule has 1 heterocycles. The van der Waals surface area contributed by atoms with Crippen molar-refractivity contribution in [2.24, 2.45) is 5.73 Å². The van der Waals surface area contributed by atoms with Gasteiger partial charge in [-0.2, -0.15) is 0 Å². The van der Waals surface area contributed by atoms with Crippen molar-refractivity contribution in [1.82, 2.24) is 4.57 Å². The topological polar surface area (TPSA) is 74.3 Å². The molecule has 0 bridgehead atoms. The Balaban J connectivity index is 1.84. The number of aromatic nitrogens is 1. The molecule has 0 radical (unpaired) electrons. The van der Waals surface area contributed by atoms with Crippen molar-refractivity contribution in [3.63, 3.8) is 0 Å². The summed E-state index contributed by atoms with van der Waals surface area (Å²) in [5.74, 6) is -0.535. The number of nitrogens with zero attached hydrogens (tertiary/aromatic N) is 1. The highest BCUT2D eigenvalue weighted by molar-refractivity contribution is 5.98. The zero-order valence-electron chi connectivity index (χ0n) is 11.7. The first-order valence-corrected chi connectivity index (χ1v) is 6.77. The van der Waals surface area contributed by atoms with E-state index in [1.54, 1.807) is 30.5 Å². The molecule has 5 heteroatoms. The molecule has 0 fully saturated rings. The normalized spacial score (nSPS) is 10.5. The van der Waals surface area contributed by atoms with E-state index in [2.05, 4.69) is 0 Å². The third-order valence-electron chi connectivity index (χ3n) is 3.38. The molecule has 2 aromatic carbocycles. The minimum atomic E-state index is -0.535. The van der Waals surface area contributed by atoms with E-state index in [1.807, 2.05) is 30.3 Å². The van der Waals surface area contributed by atoms with Crippen LogP contribution in [-0.4, -0.2) is 16.6 Å². The van der Waals surface area contributed by atoms with Crippen molar-refractivity contribution in [3.8, 4) is 0 Å². The smallest absolute Gasteiger partial charge is 0.418 e. The second-order valence-corrected chi connectivity index (χ2v) is 4.86. The van der Waals surface area contributed by atoms with Crippen LogP contribution in [0.15, 0.2) is 60.8 Å². The van der Waals surface area contributed by atoms with Gasteiger partial charge in [-0.05, 0) is 23.8 Å². The summed E-state index contributed by atoms with van der Waals surface area (Å²) in [6.07, 6.45) is 1.11. The fourth-order valence-electron chi connectivity index (χ4n) is 2.23. The summed E-state index contributed by atoms with van der Waals surface area (Å²) in [7, 11) is 0. The van der Waals surface area contributed by atoms with Crippen LogP contribution in [0.5, 0.6) is 0 Å². The number of nitrogens with two attached hydrogens (primary N) is 1. The lowest BCUT2D eigenvalue weighted by atomic mass is 10.1. The van der Waals surface area contributed by atoms with Crippen molar-refractivity contribution in [2.75, 3.05) is 0 Å². The van der Waals surface area contributed by atoms with Gasteiger partial charge in [-0.1, -0.05) is 36.4 Å². The minimum Gasteiger partial charge on any atom is -0.444 e. The molecule has 1 amide bonds. The van der Waals surface area contributed by atoms with E-state index in [4.69, 9.17) is 10.5 Å². The molecule has 0 saturated carbocycles. The molecular formula is C17H14N2O3. The largest absolute Gasteiger partial charge is 0.444 e. The van der Waals surface area contributed by atoms with E-state index in [1.165, 1.54) is 4.57 Å². The summed E-state index contributed by atoms with van der Waals surface area (Å²) in [6, 6.07) is 16.2. The highest BCUT2D eigenvalue weighted by Gasteiger charge is 2.12. The Morgan fingerprint density at radius 3 is 2.55 bits per heavy atom. The van der Waals surface area contributed by atoms with E-state index in [-0.39, 0.29) is 6.61 Å². The van der Waals surface area contributed by atoms with Gasteiger partial charge in [0.05, 0.1) is 5.52 Å². The molecule has 110 valence electrons. The number of carbonyl (C=O) groups excluding carboxylic acids is 2. The van der Waals surface area contributed by atoms with Gasteiger partial charge in [-0.25, -0.2) is 4.79 Å². The number of benzene rings is 2.